The molecule has 0 unspecified atom stereocenters. The molecule has 0 heterocycles. The summed E-state index contributed by atoms with van der Waals surface area (Å²) in [5, 5.41) is 10.3. The minimum atomic E-state index is -0.253. The van der Waals surface area contributed by atoms with E-state index in [0.29, 0.717) is 42.7 Å². The summed E-state index contributed by atoms with van der Waals surface area (Å²) in [6, 6.07) is 12.6. The van der Waals surface area contributed by atoms with Crippen LogP contribution >= 0.6 is 0 Å². The van der Waals surface area contributed by atoms with Gasteiger partial charge in [0.2, 0.25) is 0 Å². The average molecular weight is 383 g/mol. The first-order chi connectivity index (χ1) is 13.5. The molecule has 0 spiro atoms. The molecule has 2 aromatic carbocycles. The summed E-state index contributed by atoms with van der Waals surface area (Å²) >= 11 is 0. The fraction of sp³-hybridized carbons (Fsp3) is 0.286. The number of rotatable bonds is 9. The van der Waals surface area contributed by atoms with Crippen LogP contribution in [0.15, 0.2) is 42.5 Å². The number of nitrogen functional groups attached to an aromatic ring is 1. The number of unbranched alkanes of at least 4 members (excludes halogenated alkanes) is 1. The molecule has 0 radical (unpaired) electrons. The predicted octanol–water partition coefficient (Wildman–Crippen LogP) is 2.72. The van der Waals surface area contributed by atoms with Gasteiger partial charge in [-0.25, -0.2) is 0 Å². The van der Waals surface area contributed by atoms with Crippen LogP contribution in [0.2, 0.25) is 0 Å². The van der Waals surface area contributed by atoms with Gasteiger partial charge in [-0.15, -0.1) is 0 Å². The fourth-order valence-corrected chi connectivity index (χ4v) is 2.70. The zero-order valence-electron chi connectivity index (χ0n) is 16.1. The molecule has 0 aromatic heterocycles. The first kappa shape index (κ1) is 21.0. The highest BCUT2D eigenvalue weighted by Gasteiger charge is 2.14. The maximum Gasteiger partial charge on any atom is 0.305 e. The van der Waals surface area contributed by atoms with Crippen LogP contribution in [0.1, 0.15) is 35.2 Å². The number of carbonyl (C=O) groups is 2. The monoisotopic (exact) mass is 383 g/mol. The molecule has 0 aliphatic rings. The van der Waals surface area contributed by atoms with Gasteiger partial charge in [0.05, 0.1) is 19.8 Å². The highest BCUT2D eigenvalue weighted by Crippen LogP contribution is 2.27. The Kier molecular flexibility index (Phi) is 7.56. The van der Waals surface area contributed by atoms with Gasteiger partial charge in [-0.05, 0) is 36.1 Å². The van der Waals surface area contributed by atoms with Crippen molar-refractivity contribution >= 4 is 17.7 Å². The van der Waals surface area contributed by atoms with Crippen molar-refractivity contribution in [2.45, 2.75) is 19.3 Å². The quantitative estimate of drug-likeness (QED) is 0.267. The first-order valence-electron chi connectivity index (χ1n) is 8.94. The largest absolute Gasteiger partial charge is 0.496 e. The number of amidine groups is 1. The smallest absolute Gasteiger partial charge is 0.305 e. The summed E-state index contributed by atoms with van der Waals surface area (Å²) in [5.41, 5.74) is 8.32. The lowest BCUT2D eigenvalue weighted by molar-refractivity contribution is -0.140. The molecule has 1 amide bonds. The lowest BCUT2D eigenvalue weighted by atomic mass is 10.0. The van der Waals surface area contributed by atoms with Crippen molar-refractivity contribution in [2.24, 2.45) is 5.73 Å². The maximum atomic E-state index is 12.6. The molecule has 148 valence electrons. The number of nitrogens with two attached hydrogens (primary N) is 1. The lowest BCUT2D eigenvalue weighted by Crippen LogP contribution is -2.25. The van der Waals surface area contributed by atoms with Crippen LogP contribution in [0, 0.1) is 5.41 Å². The first-order valence-corrected chi connectivity index (χ1v) is 8.94. The summed E-state index contributed by atoms with van der Waals surface area (Å²) in [5.74, 6) is -0.00155. The normalized spacial score (nSPS) is 10.2. The molecule has 0 fully saturated rings. The summed E-state index contributed by atoms with van der Waals surface area (Å²) < 4.78 is 9.91. The number of benzene rings is 2. The Hall–Kier alpha value is -3.35. The van der Waals surface area contributed by atoms with E-state index >= 15 is 0 Å². The van der Waals surface area contributed by atoms with Crippen molar-refractivity contribution in [2.75, 3.05) is 20.8 Å². The van der Waals surface area contributed by atoms with Gasteiger partial charge in [-0.3, -0.25) is 15.0 Å². The Balaban J connectivity index is 2.08. The van der Waals surface area contributed by atoms with Crippen molar-refractivity contribution in [1.82, 2.24) is 5.32 Å². The van der Waals surface area contributed by atoms with E-state index in [2.05, 4.69) is 10.1 Å². The summed E-state index contributed by atoms with van der Waals surface area (Å²) in [4.78, 5) is 23.7. The minimum Gasteiger partial charge on any atom is -0.496 e. The molecule has 0 bridgehead atoms. The number of esters is 1. The summed E-state index contributed by atoms with van der Waals surface area (Å²) in [6.45, 7) is 0.455. The van der Waals surface area contributed by atoms with Gasteiger partial charge in [0.15, 0.2) is 0 Å². The Morgan fingerprint density at radius 1 is 1.04 bits per heavy atom. The number of carbonyl (C=O) groups excluding carboxylic acids is 2. The highest BCUT2D eigenvalue weighted by atomic mass is 16.5. The Morgan fingerprint density at radius 2 is 1.71 bits per heavy atom. The second kappa shape index (κ2) is 10.1. The zero-order valence-corrected chi connectivity index (χ0v) is 16.1. The molecule has 7 heteroatoms. The third-order valence-corrected chi connectivity index (χ3v) is 4.29. The van der Waals surface area contributed by atoms with Crippen molar-refractivity contribution in [3.8, 4) is 16.9 Å². The van der Waals surface area contributed by atoms with Crippen LogP contribution in [0.4, 0.5) is 0 Å². The Labute approximate surface area is 164 Å². The maximum absolute atomic E-state index is 12.6. The van der Waals surface area contributed by atoms with Crippen molar-refractivity contribution in [3.63, 3.8) is 0 Å². The van der Waals surface area contributed by atoms with Crippen molar-refractivity contribution in [3.05, 3.63) is 53.6 Å². The van der Waals surface area contributed by atoms with E-state index in [4.69, 9.17) is 15.9 Å². The number of nitrogens with one attached hydrogen (secondary N) is 2. The van der Waals surface area contributed by atoms with E-state index in [1.807, 2.05) is 18.2 Å². The molecule has 28 heavy (non-hydrogen) atoms. The zero-order chi connectivity index (χ0) is 20.5. The van der Waals surface area contributed by atoms with Crippen molar-refractivity contribution < 1.29 is 19.1 Å². The fourth-order valence-electron chi connectivity index (χ4n) is 2.70. The van der Waals surface area contributed by atoms with E-state index in [1.54, 1.807) is 24.3 Å². The molecule has 7 nitrogen and oxygen atoms in total. The molecular formula is C21H25N3O4. The van der Waals surface area contributed by atoms with Crippen LogP contribution < -0.4 is 15.8 Å². The highest BCUT2D eigenvalue weighted by molar-refractivity contribution is 5.98. The van der Waals surface area contributed by atoms with E-state index in [0.717, 1.165) is 11.1 Å². The summed E-state index contributed by atoms with van der Waals surface area (Å²) in [6.07, 6.45) is 1.66. The van der Waals surface area contributed by atoms with E-state index < -0.39 is 0 Å². The topological polar surface area (TPSA) is 114 Å². The number of hydrogen-bond donors (Lipinski definition) is 3. The molecular weight excluding hydrogens is 358 g/mol. The van der Waals surface area contributed by atoms with Gasteiger partial charge in [0.1, 0.15) is 11.6 Å². The second-order valence-electron chi connectivity index (χ2n) is 6.20. The standard InChI is InChI=1S/C21H25N3O4/c1-27-18-11-10-16(14-6-8-15(9-7-14)20(22)23)13-17(18)21(26)24-12-4-3-5-19(25)28-2/h6-11,13H,3-5,12H2,1-2H3,(H3,22,23)(H,24,26). The number of methoxy groups -OCH3 is 2. The minimum absolute atomic E-state index is 0.00791. The number of amides is 1. The van der Waals surface area contributed by atoms with Gasteiger partial charge in [0.25, 0.3) is 5.91 Å². The van der Waals surface area contributed by atoms with Crippen LogP contribution in [0.25, 0.3) is 11.1 Å². The van der Waals surface area contributed by atoms with Crippen LogP contribution in [0.3, 0.4) is 0 Å². The third-order valence-electron chi connectivity index (χ3n) is 4.29. The lowest BCUT2D eigenvalue weighted by Gasteiger charge is -2.12. The Morgan fingerprint density at radius 3 is 2.32 bits per heavy atom. The van der Waals surface area contributed by atoms with Crippen LogP contribution in [-0.4, -0.2) is 38.5 Å². The second-order valence-corrected chi connectivity index (χ2v) is 6.20. The molecule has 0 saturated carbocycles. The average Bonchev–Trinajstić information content (AvgIpc) is 2.72. The number of ether oxygens (including phenoxy) is 2. The molecule has 0 aliphatic heterocycles. The van der Waals surface area contributed by atoms with Gasteiger partial charge in [-0.2, -0.15) is 0 Å². The molecule has 2 aromatic rings. The molecule has 0 atom stereocenters. The number of hydrogen-bond acceptors (Lipinski definition) is 5. The molecule has 0 aliphatic carbocycles. The van der Waals surface area contributed by atoms with Crippen LogP contribution in [-0.2, 0) is 9.53 Å². The molecule has 0 saturated heterocycles. The predicted molar refractivity (Wildman–Crippen MR) is 108 cm³/mol. The molecule has 2 rings (SSSR count). The SMILES string of the molecule is COC(=O)CCCCNC(=O)c1cc(-c2ccc(C(=N)N)cc2)ccc1OC. The van der Waals surface area contributed by atoms with Gasteiger partial charge < -0.3 is 20.5 Å². The third kappa shape index (κ3) is 5.57. The molecule has 4 N–H and O–H groups in total. The van der Waals surface area contributed by atoms with E-state index in [1.165, 1.54) is 14.2 Å². The van der Waals surface area contributed by atoms with Gasteiger partial charge >= 0.3 is 5.97 Å². The van der Waals surface area contributed by atoms with Crippen LogP contribution in [0.5, 0.6) is 5.75 Å². The Bertz CT molecular complexity index is 847. The summed E-state index contributed by atoms with van der Waals surface area (Å²) in [7, 11) is 2.88. The van der Waals surface area contributed by atoms with E-state index in [9.17, 15) is 9.59 Å². The van der Waals surface area contributed by atoms with Gasteiger partial charge in [-0.1, -0.05) is 30.3 Å². The van der Waals surface area contributed by atoms with E-state index in [-0.39, 0.29) is 17.7 Å². The van der Waals surface area contributed by atoms with Crippen molar-refractivity contribution in [1.29, 1.82) is 5.41 Å². The van der Waals surface area contributed by atoms with Gasteiger partial charge in [0, 0.05) is 18.5 Å².